The topological polar surface area (TPSA) is 94.9 Å². The van der Waals surface area contributed by atoms with E-state index in [0.29, 0.717) is 5.56 Å². The molecule has 0 fully saturated rings. The molecule has 0 unspecified atom stereocenters. The lowest BCUT2D eigenvalue weighted by Crippen LogP contribution is -1.81. The van der Waals surface area contributed by atoms with Crippen LogP contribution < -0.4 is 0 Å². The van der Waals surface area contributed by atoms with Crippen LogP contribution in [0.5, 0.6) is 11.5 Å². The van der Waals surface area contributed by atoms with Crippen LogP contribution in [0.4, 0.5) is 0 Å². The first kappa shape index (κ1) is 7.53. The van der Waals surface area contributed by atoms with Gasteiger partial charge < -0.3 is 10.2 Å². The summed E-state index contributed by atoms with van der Waals surface area (Å²) in [6.45, 7) is 0. The quantitative estimate of drug-likeness (QED) is 0.545. The zero-order chi connectivity index (χ0) is 9.26. The highest BCUT2D eigenvalue weighted by atomic mass is 16.3. The smallest absolute Gasteiger partial charge is 0.208 e. The van der Waals surface area contributed by atoms with Crippen LogP contribution >= 0.6 is 0 Å². The van der Waals surface area contributed by atoms with Crippen molar-refractivity contribution >= 4 is 0 Å². The van der Waals surface area contributed by atoms with E-state index in [9.17, 15) is 5.11 Å². The number of aromatic nitrogens is 4. The Hall–Kier alpha value is -2.11. The molecule has 6 nitrogen and oxygen atoms in total. The SMILES string of the molecule is Oc1ccc(O)c(-c2nn[nH]n2)c1. The van der Waals surface area contributed by atoms with Gasteiger partial charge in [-0.05, 0) is 23.4 Å². The summed E-state index contributed by atoms with van der Waals surface area (Å²) in [6.07, 6.45) is 0. The number of nitrogens with one attached hydrogen (secondary N) is 1. The summed E-state index contributed by atoms with van der Waals surface area (Å²) in [4.78, 5) is 0. The summed E-state index contributed by atoms with van der Waals surface area (Å²) in [5, 5.41) is 31.4. The molecule has 1 heterocycles. The third-order valence-corrected chi connectivity index (χ3v) is 1.57. The van der Waals surface area contributed by atoms with Gasteiger partial charge in [-0.2, -0.15) is 5.21 Å². The van der Waals surface area contributed by atoms with Gasteiger partial charge in [-0.3, -0.25) is 0 Å². The molecule has 0 aliphatic heterocycles. The number of hydrogen-bond donors (Lipinski definition) is 3. The van der Waals surface area contributed by atoms with E-state index in [4.69, 9.17) is 5.11 Å². The van der Waals surface area contributed by atoms with Crippen LogP contribution in [0.25, 0.3) is 11.4 Å². The van der Waals surface area contributed by atoms with Gasteiger partial charge in [-0.25, -0.2) is 0 Å². The van der Waals surface area contributed by atoms with E-state index in [1.165, 1.54) is 18.2 Å². The number of benzene rings is 1. The molecule has 13 heavy (non-hydrogen) atoms. The van der Waals surface area contributed by atoms with Crippen molar-refractivity contribution in [2.75, 3.05) is 0 Å². The minimum absolute atomic E-state index is 0.000741. The molecule has 0 spiro atoms. The standard InChI is InChI=1S/C7H6N4O2/c12-4-1-2-6(13)5(3-4)7-8-10-11-9-7/h1-3,12-13H,(H,8,9,10,11). The van der Waals surface area contributed by atoms with Gasteiger partial charge in [-0.1, -0.05) is 0 Å². The maximum Gasteiger partial charge on any atom is 0.208 e. The Balaban J connectivity index is 2.57. The number of aromatic hydroxyl groups is 2. The van der Waals surface area contributed by atoms with E-state index in [-0.39, 0.29) is 17.3 Å². The highest BCUT2D eigenvalue weighted by molar-refractivity contribution is 5.64. The molecule has 0 aliphatic rings. The van der Waals surface area contributed by atoms with Crippen molar-refractivity contribution in [3.05, 3.63) is 18.2 Å². The third-order valence-electron chi connectivity index (χ3n) is 1.57. The number of H-pyrrole nitrogens is 1. The van der Waals surface area contributed by atoms with Gasteiger partial charge in [0, 0.05) is 0 Å². The van der Waals surface area contributed by atoms with Crippen molar-refractivity contribution in [2.45, 2.75) is 0 Å². The van der Waals surface area contributed by atoms with Crippen molar-refractivity contribution in [1.29, 1.82) is 0 Å². The Morgan fingerprint density at radius 2 is 2.08 bits per heavy atom. The Kier molecular flexibility index (Phi) is 1.59. The molecular weight excluding hydrogens is 172 g/mol. The van der Waals surface area contributed by atoms with Crippen molar-refractivity contribution < 1.29 is 10.2 Å². The van der Waals surface area contributed by atoms with E-state index in [1.807, 2.05) is 0 Å². The Labute approximate surface area is 72.9 Å². The lowest BCUT2D eigenvalue weighted by Gasteiger charge is -1.99. The van der Waals surface area contributed by atoms with Gasteiger partial charge in [0.05, 0.1) is 5.56 Å². The van der Waals surface area contributed by atoms with Gasteiger partial charge in [0.1, 0.15) is 11.5 Å². The highest BCUT2D eigenvalue weighted by Gasteiger charge is 2.08. The van der Waals surface area contributed by atoms with Crippen molar-refractivity contribution in [1.82, 2.24) is 20.6 Å². The number of phenols is 2. The minimum Gasteiger partial charge on any atom is -0.508 e. The first-order valence-corrected chi connectivity index (χ1v) is 3.53. The van der Waals surface area contributed by atoms with E-state index >= 15 is 0 Å². The van der Waals surface area contributed by atoms with Crippen molar-refractivity contribution in [3.8, 4) is 22.9 Å². The lowest BCUT2D eigenvalue weighted by molar-refractivity contribution is 0.461. The fourth-order valence-electron chi connectivity index (χ4n) is 0.979. The number of nitrogens with zero attached hydrogens (tertiary/aromatic N) is 3. The maximum atomic E-state index is 9.37. The van der Waals surface area contributed by atoms with E-state index in [1.54, 1.807) is 0 Å². The second-order valence-corrected chi connectivity index (χ2v) is 2.44. The monoisotopic (exact) mass is 178 g/mol. The van der Waals surface area contributed by atoms with Crippen molar-refractivity contribution in [2.24, 2.45) is 0 Å². The predicted octanol–water partition coefficient (Wildman–Crippen LogP) is 0.278. The van der Waals surface area contributed by atoms with Gasteiger partial charge in [0.2, 0.25) is 5.82 Å². The van der Waals surface area contributed by atoms with Gasteiger partial charge in [0.25, 0.3) is 0 Å². The molecular formula is C7H6N4O2. The highest BCUT2D eigenvalue weighted by Crippen LogP contribution is 2.28. The molecule has 1 aromatic carbocycles. The molecule has 66 valence electrons. The van der Waals surface area contributed by atoms with Gasteiger partial charge in [-0.15, -0.1) is 10.2 Å². The number of phenolic OH excluding ortho intramolecular Hbond substituents is 2. The fourth-order valence-corrected chi connectivity index (χ4v) is 0.979. The summed E-state index contributed by atoms with van der Waals surface area (Å²) in [7, 11) is 0. The van der Waals surface area contributed by atoms with E-state index in [0.717, 1.165) is 0 Å². The minimum atomic E-state index is -0.000741. The molecule has 0 amide bonds. The molecule has 0 radical (unpaired) electrons. The molecule has 0 aliphatic carbocycles. The molecule has 3 N–H and O–H groups in total. The molecule has 0 saturated carbocycles. The number of rotatable bonds is 1. The van der Waals surface area contributed by atoms with Crippen molar-refractivity contribution in [3.63, 3.8) is 0 Å². The summed E-state index contributed by atoms with van der Waals surface area (Å²) < 4.78 is 0. The second-order valence-electron chi connectivity index (χ2n) is 2.44. The van der Waals surface area contributed by atoms with Crippen LogP contribution in [0.1, 0.15) is 0 Å². The molecule has 0 atom stereocenters. The molecule has 1 aromatic heterocycles. The summed E-state index contributed by atoms with van der Waals surface area (Å²) in [6, 6.07) is 4.10. The van der Waals surface area contributed by atoms with Crippen LogP contribution in [0.15, 0.2) is 18.2 Å². The average Bonchev–Trinajstić information content (AvgIpc) is 2.61. The van der Waals surface area contributed by atoms with E-state index < -0.39 is 0 Å². The lowest BCUT2D eigenvalue weighted by atomic mass is 10.2. The number of aromatic amines is 1. The summed E-state index contributed by atoms with van der Waals surface area (Å²) >= 11 is 0. The van der Waals surface area contributed by atoms with Crippen LogP contribution in [-0.4, -0.2) is 30.8 Å². The largest absolute Gasteiger partial charge is 0.508 e. The Morgan fingerprint density at radius 1 is 1.23 bits per heavy atom. The molecule has 2 rings (SSSR count). The summed E-state index contributed by atoms with van der Waals surface area (Å²) in [5.74, 6) is 0.283. The molecule has 0 saturated heterocycles. The fraction of sp³-hybridized carbons (Fsp3) is 0. The first-order valence-electron chi connectivity index (χ1n) is 3.53. The molecule has 6 heteroatoms. The van der Waals surface area contributed by atoms with Crippen LogP contribution in [0, 0.1) is 0 Å². The average molecular weight is 178 g/mol. The number of tetrazole rings is 1. The van der Waals surface area contributed by atoms with Gasteiger partial charge >= 0.3 is 0 Å². The van der Waals surface area contributed by atoms with Crippen LogP contribution in [-0.2, 0) is 0 Å². The van der Waals surface area contributed by atoms with Crippen LogP contribution in [0.3, 0.4) is 0 Å². The Morgan fingerprint density at radius 3 is 2.77 bits per heavy atom. The maximum absolute atomic E-state index is 9.37. The Bertz CT molecular complexity index is 412. The van der Waals surface area contributed by atoms with Gasteiger partial charge in [0.15, 0.2) is 0 Å². The van der Waals surface area contributed by atoms with Crippen LogP contribution in [0.2, 0.25) is 0 Å². The number of hydrogen-bond acceptors (Lipinski definition) is 5. The zero-order valence-electron chi connectivity index (χ0n) is 6.47. The molecule has 2 aromatic rings. The summed E-state index contributed by atoms with van der Waals surface area (Å²) in [5.41, 5.74) is 0.341. The normalized spacial score (nSPS) is 10.2. The third kappa shape index (κ3) is 1.28. The second kappa shape index (κ2) is 2.74. The van der Waals surface area contributed by atoms with E-state index in [2.05, 4.69) is 20.6 Å². The zero-order valence-corrected chi connectivity index (χ0v) is 6.47. The molecule has 0 bridgehead atoms. The first-order chi connectivity index (χ1) is 6.27. The predicted molar refractivity (Wildman–Crippen MR) is 42.9 cm³/mol.